The van der Waals surface area contributed by atoms with Crippen LogP contribution < -0.4 is 0 Å². The number of hydrogen-bond acceptors (Lipinski definition) is 3. The summed E-state index contributed by atoms with van der Waals surface area (Å²) in [5, 5.41) is 0. The average Bonchev–Trinajstić information content (AvgIpc) is 2.59. The van der Waals surface area contributed by atoms with Crippen LogP contribution in [0.1, 0.15) is 17.9 Å². The van der Waals surface area contributed by atoms with E-state index in [9.17, 15) is 4.79 Å². The van der Waals surface area contributed by atoms with Gasteiger partial charge < -0.3 is 9.30 Å². The number of aryl methyl sites for hydroxylation is 1. The molecule has 4 heteroatoms. The van der Waals surface area contributed by atoms with Crippen molar-refractivity contribution in [3.05, 3.63) is 17.7 Å². The highest BCUT2D eigenvalue weighted by Crippen LogP contribution is 2.21. The third-order valence-corrected chi connectivity index (χ3v) is 2.80. The van der Waals surface area contributed by atoms with Crippen molar-refractivity contribution in [1.82, 2.24) is 9.55 Å². The van der Waals surface area contributed by atoms with Crippen LogP contribution in [0.4, 0.5) is 0 Å². The molecule has 0 spiro atoms. The molecular weight excluding hydrogens is 180 g/mol. The molecule has 1 aliphatic heterocycles. The molecule has 1 aromatic heterocycles. The van der Waals surface area contributed by atoms with Gasteiger partial charge in [-0.1, -0.05) is 0 Å². The Morgan fingerprint density at radius 2 is 2.50 bits per heavy atom. The monoisotopic (exact) mass is 194 g/mol. The molecule has 1 aliphatic rings. The Hall–Kier alpha value is -1.32. The Balaban J connectivity index is 2.18. The second-order valence-electron chi connectivity index (χ2n) is 3.68. The highest BCUT2D eigenvalue weighted by atomic mass is 16.5. The fraction of sp³-hybridized carbons (Fsp3) is 0.600. The lowest BCUT2D eigenvalue weighted by atomic mass is 9.98. The Morgan fingerprint density at radius 3 is 3.21 bits per heavy atom. The number of aromatic nitrogens is 2. The highest BCUT2D eigenvalue weighted by Gasteiger charge is 2.26. The third-order valence-electron chi connectivity index (χ3n) is 2.80. The minimum Gasteiger partial charge on any atom is -0.469 e. The Morgan fingerprint density at radius 1 is 1.71 bits per heavy atom. The van der Waals surface area contributed by atoms with E-state index in [1.807, 2.05) is 13.1 Å². The Bertz CT molecular complexity index is 357. The SMILES string of the molecule is COC(=O)C1CCn2c(C)cnc2C1. The molecule has 1 atom stereocenters. The second-order valence-corrected chi connectivity index (χ2v) is 3.68. The summed E-state index contributed by atoms with van der Waals surface area (Å²) in [6.45, 7) is 2.91. The maximum Gasteiger partial charge on any atom is 0.309 e. The zero-order valence-corrected chi connectivity index (χ0v) is 8.49. The first-order valence-electron chi connectivity index (χ1n) is 4.81. The molecule has 0 fully saturated rings. The molecule has 0 aliphatic carbocycles. The molecule has 0 radical (unpaired) electrons. The first-order valence-corrected chi connectivity index (χ1v) is 4.81. The molecule has 0 bridgehead atoms. The normalized spacial score (nSPS) is 20.3. The minimum atomic E-state index is -0.114. The van der Waals surface area contributed by atoms with E-state index < -0.39 is 0 Å². The number of ether oxygens (including phenoxy) is 1. The van der Waals surface area contributed by atoms with E-state index in [0.717, 1.165) is 18.8 Å². The third kappa shape index (κ3) is 1.41. The summed E-state index contributed by atoms with van der Waals surface area (Å²) >= 11 is 0. The van der Waals surface area contributed by atoms with E-state index in [4.69, 9.17) is 4.74 Å². The van der Waals surface area contributed by atoms with Crippen LogP contribution in [-0.4, -0.2) is 22.6 Å². The van der Waals surface area contributed by atoms with Crippen molar-refractivity contribution in [3.63, 3.8) is 0 Å². The second kappa shape index (κ2) is 3.44. The standard InChI is InChI=1S/C10H14N2O2/c1-7-6-11-9-5-8(10(13)14-2)3-4-12(7)9/h6,8H,3-5H2,1-2H3. The van der Waals surface area contributed by atoms with Gasteiger partial charge in [0.1, 0.15) is 5.82 Å². The van der Waals surface area contributed by atoms with Crippen LogP contribution >= 0.6 is 0 Å². The van der Waals surface area contributed by atoms with Gasteiger partial charge in [0.05, 0.1) is 13.0 Å². The fourth-order valence-electron chi connectivity index (χ4n) is 1.95. The summed E-state index contributed by atoms with van der Waals surface area (Å²) in [6, 6.07) is 0. The van der Waals surface area contributed by atoms with Gasteiger partial charge in [-0.05, 0) is 13.3 Å². The van der Waals surface area contributed by atoms with Crippen LogP contribution in [0.3, 0.4) is 0 Å². The molecule has 0 N–H and O–H groups in total. The van der Waals surface area contributed by atoms with Crippen LogP contribution in [0.5, 0.6) is 0 Å². The smallest absolute Gasteiger partial charge is 0.309 e. The lowest BCUT2D eigenvalue weighted by Gasteiger charge is -2.22. The number of methoxy groups -OCH3 is 1. The van der Waals surface area contributed by atoms with Crippen LogP contribution in [0.15, 0.2) is 6.20 Å². The summed E-state index contributed by atoms with van der Waals surface area (Å²) in [5.74, 6) is 0.885. The highest BCUT2D eigenvalue weighted by molar-refractivity contribution is 5.72. The van der Waals surface area contributed by atoms with Crippen LogP contribution in [0.2, 0.25) is 0 Å². The van der Waals surface area contributed by atoms with Crippen molar-refractivity contribution in [2.75, 3.05) is 7.11 Å². The lowest BCUT2D eigenvalue weighted by Crippen LogP contribution is -2.27. The fourth-order valence-corrected chi connectivity index (χ4v) is 1.95. The van der Waals surface area contributed by atoms with Crippen LogP contribution in [0, 0.1) is 12.8 Å². The number of nitrogens with zero attached hydrogens (tertiary/aromatic N) is 2. The van der Waals surface area contributed by atoms with Gasteiger partial charge in [0.25, 0.3) is 0 Å². The molecule has 0 saturated heterocycles. The number of carbonyl (C=O) groups excluding carboxylic acids is 1. The molecule has 1 aromatic rings. The average molecular weight is 194 g/mol. The molecule has 1 unspecified atom stereocenters. The maximum atomic E-state index is 11.3. The summed E-state index contributed by atoms with van der Waals surface area (Å²) in [4.78, 5) is 15.6. The minimum absolute atomic E-state index is 0.00528. The number of imidazole rings is 1. The summed E-state index contributed by atoms with van der Waals surface area (Å²) in [5.41, 5.74) is 1.17. The van der Waals surface area contributed by atoms with E-state index in [0.29, 0.717) is 6.42 Å². The van der Waals surface area contributed by atoms with Crippen molar-refractivity contribution in [2.45, 2.75) is 26.3 Å². The van der Waals surface area contributed by atoms with Gasteiger partial charge in [-0.25, -0.2) is 4.98 Å². The van der Waals surface area contributed by atoms with Gasteiger partial charge in [0, 0.05) is 24.9 Å². The molecule has 2 rings (SSSR count). The molecule has 0 amide bonds. The van der Waals surface area contributed by atoms with Gasteiger partial charge in [-0.3, -0.25) is 4.79 Å². The zero-order valence-electron chi connectivity index (χ0n) is 8.49. The van der Waals surface area contributed by atoms with Crippen molar-refractivity contribution >= 4 is 5.97 Å². The topological polar surface area (TPSA) is 44.1 Å². The number of carbonyl (C=O) groups is 1. The first-order chi connectivity index (χ1) is 6.72. The van der Waals surface area contributed by atoms with E-state index >= 15 is 0 Å². The maximum absolute atomic E-state index is 11.3. The summed E-state index contributed by atoms with van der Waals surface area (Å²) in [6.07, 6.45) is 3.42. The zero-order chi connectivity index (χ0) is 10.1. The number of rotatable bonds is 1. The number of hydrogen-bond donors (Lipinski definition) is 0. The van der Waals surface area contributed by atoms with E-state index in [2.05, 4.69) is 9.55 Å². The van der Waals surface area contributed by atoms with E-state index in [-0.39, 0.29) is 11.9 Å². The van der Waals surface area contributed by atoms with Gasteiger partial charge in [0.2, 0.25) is 0 Å². The van der Waals surface area contributed by atoms with Crippen molar-refractivity contribution < 1.29 is 9.53 Å². The van der Waals surface area contributed by atoms with E-state index in [1.165, 1.54) is 12.8 Å². The molecule has 0 saturated carbocycles. The van der Waals surface area contributed by atoms with Gasteiger partial charge >= 0.3 is 5.97 Å². The van der Waals surface area contributed by atoms with Crippen molar-refractivity contribution in [3.8, 4) is 0 Å². The molecule has 0 aromatic carbocycles. The van der Waals surface area contributed by atoms with Gasteiger partial charge in [-0.2, -0.15) is 0 Å². The molecular formula is C10H14N2O2. The number of fused-ring (bicyclic) bond motifs is 1. The predicted octanol–water partition coefficient (Wildman–Crippen LogP) is 0.927. The number of esters is 1. The van der Waals surface area contributed by atoms with Crippen molar-refractivity contribution in [2.24, 2.45) is 5.92 Å². The van der Waals surface area contributed by atoms with E-state index in [1.54, 1.807) is 0 Å². The van der Waals surface area contributed by atoms with Gasteiger partial charge in [0.15, 0.2) is 0 Å². The molecule has 4 nitrogen and oxygen atoms in total. The van der Waals surface area contributed by atoms with Gasteiger partial charge in [-0.15, -0.1) is 0 Å². The lowest BCUT2D eigenvalue weighted by molar-refractivity contribution is -0.146. The molecule has 76 valence electrons. The quantitative estimate of drug-likeness (QED) is 0.624. The molecule has 2 heterocycles. The Kier molecular flexibility index (Phi) is 2.27. The predicted molar refractivity (Wildman–Crippen MR) is 50.8 cm³/mol. The van der Waals surface area contributed by atoms with Crippen LogP contribution in [0.25, 0.3) is 0 Å². The van der Waals surface area contributed by atoms with Crippen LogP contribution in [-0.2, 0) is 22.5 Å². The summed E-state index contributed by atoms with van der Waals surface area (Å²) < 4.78 is 6.90. The summed E-state index contributed by atoms with van der Waals surface area (Å²) in [7, 11) is 1.44. The largest absolute Gasteiger partial charge is 0.469 e. The Labute approximate surface area is 82.9 Å². The molecule has 14 heavy (non-hydrogen) atoms. The van der Waals surface area contributed by atoms with Crippen molar-refractivity contribution in [1.29, 1.82) is 0 Å². The first kappa shape index (κ1) is 9.24.